The van der Waals surface area contributed by atoms with Crippen molar-refractivity contribution in [2.24, 2.45) is 12.0 Å². The lowest BCUT2D eigenvalue weighted by Gasteiger charge is -2.22. The fourth-order valence-electron chi connectivity index (χ4n) is 2.70. The Labute approximate surface area is 160 Å². The fraction of sp³-hybridized carbons (Fsp3) is 0.421. The van der Waals surface area contributed by atoms with Crippen molar-refractivity contribution in [1.82, 2.24) is 14.8 Å². The zero-order chi connectivity index (χ0) is 19.1. The standard InChI is InChI=1S/C19H27ClN4O2/c1-6-26-17-8-7-14(9-18(17)25-5)11-22-19(21-2)24(4)13-16-10-15(20)12-23(16)3/h7-10,12H,6,11,13H2,1-5H3,(H,21,22). The predicted octanol–water partition coefficient (Wildman–Crippen LogP) is 3.29. The topological polar surface area (TPSA) is 51.0 Å². The maximum Gasteiger partial charge on any atom is 0.194 e. The predicted molar refractivity (Wildman–Crippen MR) is 106 cm³/mol. The molecule has 142 valence electrons. The number of nitrogens with zero attached hydrogens (tertiary/aromatic N) is 3. The second-order valence-corrected chi connectivity index (χ2v) is 6.37. The highest BCUT2D eigenvalue weighted by Gasteiger charge is 2.11. The molecular formula is C19H27ClN4O2. The van der Waals surface area contributed by atoms with Crippen LogP contribution in [-0.2, 0) is 20.1 Å². The molecule has 26 heavy (non-hydrogen) atoms. The molecular weight excluding hydrogens is 352 g/mol. The first-order chi connectivity index (χ1) is 12.5. The molecule has 1 heterocycles. The maximum absolute atomic E-state index is 6.06. The van der Waals surface area contributed by atoms with Crippen molar-refractivity contribution in [3.63, 3.8) is 0 Å². The van der Waals surface area contributed by atoms with Gasteiger partial charge < -0.3 is 24.3 Å². The number of nitrogens with one attached hydrogen (secondary N) is 1. The minimum Gasteiger partial charge on any atom is -0.493 e. The van der Waals surface area contributed by atoms with Gasteiger partial charge >= 0.3 is 0 Å². The molecule has 0 amide bonds. The number of aromatic nitrogens is 1. The van der Waals surface area contributed by atoms with Crippen LogP contribution in [0.1, 0.15) is 18.2 Å². The first kappa shape index (κ1) is 20.0. The molecule has 1 aromatic carbocycles. The van der Waals surface area contributed by atoms with E-state index in [0.717, 1.165) is 33.7 Å². The lowest BCUT2D eigenvalue weighted by atomic mass is 10.2. The number of guanidine groups is 1. The zero-order valence-electron chi connectivity index (χ0n) is 16.0. The van der Waals surface area contributed by atoms with Crippen molar-refractivity contribution < 1.29 is 9.47 Å². The van der Waals surface area contributed by atoms with E-state index in [1.807, 2.05) is 56.0 Å². The SMILES string of the molecule is CCOc1ccc(CNC(=NC)N(C)Cc2cc(Cl)cn2C)cc1OC. The largest absolute Gasteiger partial charge is 0.493 e. The summed E-state index contributed by atoms with van der Waals surface area (Å²) in [6.07, 6.45) is 1.90. The van der Waals surface area contributed by atoms with Gasteiger partial charge in [-0.3, -0.25) is 4.99 Å². The number of ether oxygens (including phenoxy) is 2. The minimum absolute atomic E-state index is 0.606. The van der Waals surface area contributed by atoms with Crippen molar-refractivity contribution >= 4 is 17.6 Å². The van der Waals surface area contributed by atoms with E-state index in [1.54, 1.807) is 14.2 Å². The average molecular weight is 379 g/mol. The van der Waals surface area contributed by atoms with Crippen LogP contribution in [0, 0.1) is 0 Å². The summed E-state index contributed by atoms with van der Waals surface area (Å²) in [5.41, 5.74) is 2.20. The molecule has 2 aromatic rings. The first-order valence-electron chi connectivity index (χ1n) is 8.50. The highest BCUT2D eigenvalue weighted by molar-refractivity contribution is 6.30. The Morgan fingerprint density at radius 2 is 2.08 bits per heavy atom. The summed E-state index contributed by atoms with van der Waals surface area (Å²) in [4.78, 5) is 6.41. The Balaban J connectivity index is 2.01. The molecule has 0 radical (unpaired) electrons. The Morgan fingerprint density at radius 3 is 2.65 bits per heavy atom. The van der Waals surface area contributed by atoms with Gasteiger partial charge in [-0.25, -0.2) is 0 Å². The third kappa shape index (κ3) is 5.08. The lowest BCUT2D eigenvalue weighted by Crippen LogP contribution is -2.38. The summed E-state index contributed by atoms with van der Waals surface area (Å²) in [5.74, 6) is 2.28. The Kier molecular flexibility index (Phi) is 7.21. The number of methoxy groups -OCH3 is 1. The van der Waals surface area contributed by atoms with Crippen LogP contribution in [0.3, 0.4) is 0 Å². The first-order valence-corrected chi connectivity index (χ1v) is 8.88. The molecule has 0 spiro atoms. The van der Waals surface area contributed by atoms with E-state index < -0.39 is 0 Å². The van der Waals surface area contributed by atoms with Crippen LogP contribution in [0.15, 0.2) is 35.5 Å². The molecule has 0 aliphatic heterocycles. The molecule has 0 atom stereocenters. The van der Waals surface area contributed by atoms with Crippen LogP contribution in [-0.4, -0.2) is 43.2 Å². The van der Waals surface area contributed by atoms with Crippen LogP contribution >= 0.6 is 11.6 Å². The summed E-state index contributed by atoms with van der Waals surface area (Å²) < 4.78 is 13.0. The van der Waals surface area contributed by atoms with Crippen LogP contribution in [0.5, 0.6) is 11.5 Å². The second-order valence-electron chi connectivity index (χ2n) is 5.94. The summed E-state index contributed by atoms with van der Waals surface area (Å²) in [6, 6.07) is 7.88. The van der Waals surface area contributed by atoms with Crippen molar-refractivity contribution in [2.45, 2.75) is 20.0 Å². The summed E-state index contributed by atoms with van der Waals surface area (Å²) >= 11 is 6.06. The zero-order valence-corrected chi connectivity index (χ0v) is 16.8. The van der Waals surface area contributed by atoms with Crippen molar-refractivity contribution in [3.05, 3.63) is 46.7 Å². The Morgan fingerprint density at radius 1 is 1.31 bits per heavy atom. The smallest absolute Gasteiger partial charge is 0.194 e. The van der Waals surface area contributed by atoms with Gasteiger partial charge in [-0.1, -0.05) is 17.7 Å². The van der Waals surface area contributed by atoms with Gasteiger partial charge in [-0.05, 0) is 30.7 Å². The molecule has 0 unspecified atom stereocenters. The summed E-state index contributed by atoms with van der Waals surface area (Å²) in [6.45, 7) is 3.90. The van der Waals surface area contributed by atoms with Crippen molar-refractivity contribution in [2.75, 3.05) is 27.8 Å². The number of aliphatic imine (C=N–C) groups is 1. The number of benzene rings is 1. The second kappa shape index (κ2) is 9.38. The molecule has 0 fully saturated rings. The van der Waals surface area contributed by atoms with Gasteiger partial charge in [0.25, 0.3) is 0 Å². The quantitative estimate of drug-likeness (QED) is 0.593. The van der Waals surface area contributed by atoms with E-state index >= 15 is 0 Å². The van der Waals surface area contributed by atoms with Crippen LogP contribution in [0.2, 0.25) is 5.02 Å². The van der Waals surface area contributed by atoms with Gasteiger partial charge in [-0.15, -0.1) is 0 Å². The Bertz CT molecular complexity index is 758. The molecule has 1 N–H and O–H groups in total. The lowest BCUT2D eigenvalue weighted by molar-refractivity contribution is 0.310. The molecule has 0 bridgehead atoms. The van der Waals surface area contributed by atoms with Crippen molar-refractivity contribution in [1.29, 1.82) is 0 Å². The van der Waals surface area contributed by atoms with E-state index in [4.69, 9.17) is 21.1 Å². The highest BCUT2D eigenvalue weighted by Crippen LogP contribution is 2.28. The normalized spacial score (nSPS) is 11.4. The monoisotopic (exact) mass is 378 g/mol. The molecule has 6 nitrogen and oxygen atoms in total. The van der Waals surface area contributed by atoms with Crippen molar-refractivity contribution in [3.8, 4) is 11.5 Å². The average Bonchev–Trinajstić information content (AvgIpc) is 2.93. The van der Waals surface area contributed by atoms with E-state index in [-0.39, 0.29) is 0 Å². The third-order valence-electron chi connectivity index (χ3n) is 4.03. The van der Waals surface area contributed by atoms with Gasteiger partial charge in [0.05, 0.1) is 25.3 Å². The van der Waals surface area contributed by atoms with E-state index in [9.17, 15) is 0 Å². The van der Waals surface area contributed by atoms with Crippen LogP contribution < -0.4 is 14.8 Å². The molecule has 0 aliphatic rings. The molecule has 0 saturated carbocycles. The molecule has 0 aliphatic carbocycles. The number of aryl methyl sites for hydroxylation is 1. The number of hydrogen-bond donors (Lipinski definition) is 1. The van der Waals surface area contributed by atoms with Crippen LogP contribution in [0.4, 0.5) is 0 Å². The van der Waals surface area contributed by atoms with Gasteiger partial charge in [0, 0.05) is 39.6 Å². The molecule has 1 aromatic heterocycles. The third-order valence-corrected chi connectivity index (χ3v) is 4.23. The van der Waals surface area contributed by atoms with Gasteiger partial charge in [0.1, 0.15) is 0 Å². The number of hydrogen-bond acceptors (Lipinski definition) is 3. The minimum atomic E-state index is 0.606. The highest BCUT2D eigenvalue weighted by atomic mass is 35.5. The van der Waals surface area contributed by atoms with Crippen LogP contribution in [0.25, 0.3) is 0 Å². The van der Waals surface area contributed by atoms with E-state index in [0.29, 0.717) is 19.7 Å². The maximum atomic E-state index is 6.06. The summed E-state index contributed by atoms with van der Waals surface area (Å²) in [7, 11) is 7.40. The van der Waals surface area contributed by atoms with Gasteiger partial charge in [-0.2, -0.15) is 0 Å². The van der Waals surface area contributed by atoms with Gasteiger partial charge in [0.15, 0.2) is 17.5 Å². The molecule has 0 saturated heterocycles. The molecule has 2 rings (SSSR count). The number of halogens is 1. The molecule has 7 heteroatoms. The van der Waals surface area contributed by atoms with E-state index in [1.165, 1.54) is 0 Å². The fourth-order valence-corrected chi connectivity index (χ4v) is 2.98. The van der Waals surface area contributed by atoms with E-state index in [2.05, 4.69) is 15.2 Å². The number of rotatable bonds is 7. The summed E-state index contributed by atoms with van der Waals surface area (Å²) in [5, 5.41) is 4.11. The van der Waals surface area contributed by atoms with Gasteiger partial charge in [0.2, 0.25) is 0 Å². The Hall–Kier alpha value is -2.34.